The van der Waals surface area contributed by atoms with Crippen molar-refractivity contribution in [3.8, 4) is 11.4 Å². The molecule has 1 amide bonds. The number of carbonyl (C=O) groups is 1. The molecule has 7 heteroatoms. The molecule has 0 spiro atoms. The van der Waals surface area contributed by atoms with E-state index in [0.717, 1.165) is 33.6 Å². The zero-order valence-corrected chi connectivity index (χ0v) is 21.3. The van der Waals surface area contributed by atoms with Gasteiger partial charge in [-0.2, -0.15) is 0 Å². The standard InChI is InChI=1S/C28H32N6O/c1-7-34(8-2)27(35)28(5,6)20-11-13-21(14-12-20)32-25-22-15-16-23(24-18(3)10-9-17-29-24)33-26(22)31-19(4)30-25/h9-17H,7-8H2,1-6H3,(H,30,31,32,33). The van der Waals surface area contributed by atoms with E-state index in [0.29, 0.717) is 30.4 Å². The average molecular weight is 469 g/mol. The molecule has 7 nitrogen and oxygen atoms in total. The molecule has 0 atom stereocenters. The summed E-state index contributed by atoms with van der Waals surface area (Å²) >= 11 is 0. The van der Waals surface area contributed by atoms with Gasteiger partial charge in [0.2, 0.25) is 5.91 Å². The molecule has 180 valence electrons. The number of anilines is 2. The lowest BCUT2D eigenvalue weighted by molar-refractivity contribution is -0.135. The Kier molecular flexibility index (Phi) is 6.78. The number of aromatic nitrogens is 4. The Balaban J connectivity index is 1.63. The van der Waals surface area contributed by atoms with Gasteiger partial charge in [0.05, 0.1) is 22.2 Å². The van der Waals surface area contributed by atoms with Gasteiger partial charge in [-0.15, -0.1) is 0 Å². The van der Waals surface area contributed by atoms with Crippen molar-refractivity contribution in [1.29, 1.82) is 0 Å². The lowest BCUT2D eigenvalue weighted by atomic mass is 9.83. The second-order valence-electron chi connectivity index (χ2n) is 9.16. The predicted molar refractivity (Wildman–Crippen MR) is 141 cm³/mol. The van der Waals surface area contributed by atoms with E-state index in [9.17, 15) is 4.79 Å². The van der Waals surface area contributed by atoms with E-state index in [-0.39, 0.29) is 5.91 Å². The molecule has 1 N–H and O–H groups in total. The first kappa shape index (κ1) is 24.3. The Labute approximate surface area is 206 Å². The third kappa shape index (κ3) is 4.85. The Morgan fingerprint density at radius 2 is 1.66 bits per heavy atom. The number of hydrogen-bond donors (Lipinski definition) is 1. The van der Waals surface area contributed by atoms with Gasteiger partial charge in [0.25, 0.3) is 0 Å². The maximum Gasteiger partial charge on any atom is 0.232 e. The summed E-state index contributed by atoms with van der Waals surface area (Å²) < 4.78 is 0. The highest BCUT2D eigenvalue weighted by Crippen LogP contribution is 2.30. The van der Waals surface area contributed by atoms with Gasteiger partial charge >= 0.3 is 0 Å². The largest absolute Gasteiger partial charge is 0.343 e. The minimum atomic E-state index is -0.604. The maximum atomic E-state index is 13.0. The molecule has 0 aliphatic carbocycles. The lowest BCUT2D eigenvalue weighted by Crippen LogP contribution is -2.43. The summed E-state index contributed by atoms with van der Waals surface area (Å²) in [7, 11) is 0. The van der Waals surface area contributed by atoms with Crippen LogP contribution in [0.4, 0.5) is 11.5 Å². The molecule has 4 aromatic rings. The molecule has 0 fully saturated rings. The van der Waals surface area contributed by atoms with Crippen molar-refractivity contribution in [3.63, 3.8) is 0 Å². The second-order valence-corrected chi connectivity index (χ2v) is 9.16. The summed E-state index contributed by atoms with van der Waals surface area (Å²) in [5.41, 5.74) is 4.55. The van der Waals surface area contributed by atoms with Crippen LogP contribution in [0, 0.1) is 13.8 Å². The van der Waals surface area contributed by atoms with Crippen LogP contribution in [0.1, 0.15) is 44.6 Å². The van der Waals surface area contributed by atoms with Crippen molar-refractivity contribution in [2.75, 3.05) is 18.4 Å². The third-order valence-electron chi connectivity index (χ3n) is 6.38. The third-order valence-corrected chi connectivity index (χ3v) is 6.38. The molecule has 0 saturated heterocycles. The molecule has 0 aliphatic heterocycles. The Hall–Kier alpha value is -3.87. The molecule has 3 aromatic heterocycles. The summed E-state index contributed by atoms with van der Waals surface area (Å²) in [5, 5.41) is 4.24. The number of likely N-dealkylation sites (N-methyl/N-ethyl adjacent to an activating group) is 1. The van der Waals surface area contributed by atoms with E-state index in [1.807, 2.05) is 95.0 Å². The van der Waals surface area contributed by atoms with E-state index in [4.69, 9.17) is 4.98 Å². The quantitative estimate of drug-likeness (QED) is 0.380. The van der Waals surface area contributed by atoms with E-state index < -0.39 is 5.41 Å². The zero-order chi connectivity index (χ0) is 25.2. The molecule has 1 aromatic carbocycles. The number of amides is 1. The van der Waals surface area contributed by atoms with Gasteiger partial charge in [-0.05, 0) is 83.0 Å². The van der Waals surface area contributed by atoms with E-state index in [1.54, 1.807) is 6.20 Å². The van der Waals surface area contributed by atoms with Gasteiger partial charge in [-0.1, -0.05) is 18.2 Å². The minimum Gasteiger partial charge on any atom is -0.343 e. The first-order valence-corrected chi connectivity index (χ1v) is 12.0. The zero-order valence-electron chi connectivity index (χ0n) is 21.3. The lowest BCUT2D eigenvalue weighted by Gasteiger charge is -2.31. The molecule has 0 saturated carbocycles. The van der Waals surface area contributed by atoms with Crippen LogP contribution in [-0.4, -0.2) is 43.8 Å². The summed E-state index contributed by atoms with van der Waals surface area (Å²) in [6.45, 7) is 13.3. The Bertz CT molecular complexity index is 1360. The number of nitrogens with one attached hydrogen (secondary N) is 1. The molecule has 35 heavy (non-hydrogen) atoms. The van der Waals surface area contributed by atoms with Crippen LogP contribution in [-0.2, 0) is 10.2 Å². The molecule has 0 unspecified atom stereocenters. The van der Waals surface area contributed by atoms with Gasteiger partial charge in [-0.3, -0.25) is 9.78 Å². The maximum absolute atomic E-state index is 13.0. The highest BCUT2D eigenvalue weighted by Gasteiger charge is 2.32. The normalized spacial score (nSPS) is 11.5. The fourth-order valence-corrected chi connectivity index (χ4v) is 4.24. The van der Waals surface area contributed by atoms with Crippen molar-refractivity contribution in [2.45, 2.75) is 47.0 Å². The van der Waals surface area contributed by atoms with Gasteiger partial charge in [0, 0.05) is 25.0 Å². The van der Waals surface area contributed by atoms with Crippen molar-refractivity contribution < 1.29 is 4.79 Å². The number of nitrogens with zero attached hydrogens (tertiary/aromatic N) is 5. The van der Waals surface area contributed by atoms with Gasteiger partial charge in [0.1, 0.15) is 11.6 Å². The van der Waals surface area contributed by atoms with Crippen LogP contribution in [0.25, 0.3) is 22.4 Å². The van der Waals surface area contributed by atoms with Gasteiger partial charge in [-0.25, -0.2) is 15.0 Å². The summed E-state index contributed by atoms with van der Waals surface area (Å²) in [5.74, 6) is 1.45. The number of aryl methyl sites for hydroxylation is 2. The minimum absolute atomic E-state index is 0.130. The van der Waals surface area contributed by atoms with Crippen LogP contribution in [0.2, 0.25) is 0 Å². The van der Waals surface area contributed by atoms with Crippen molar-refractivity contribution >= 4 is 28.4 Å². The summed E-state index contributed by atoms with van der Waals surface area (Å²) in [6.07, 6.45) is 1.77. The highest BCUT2D eigenvalue weighted by atomic mass is 16.2. The predicted octanol–water partition coefficient (Wildman–Crippen LogP) is 5.59. The van der Waals surface area contributed by atoms with Crippen LogP contribution in [0.5, 0.6) is 0 Å². The fraction of sp³-hybridized carbons (Fsp3) is 0.321. The van der Waals surface area contributed by atoms with Crippen molar-refractivity contribution in [1.82, 2.24) is 24.8 Å². The number of fused-ring (bicyclic) bond motifs is 1. The first-order chi connectivity index (χ1) is 16.7. The Morgan fingerprint density at radius 3 is 2.31 bits per heavy atom. The number of pyridine rings is 2. The summed E-state index contributed by atoms with van der Waals surface area (Å²) in [4.78, 5) is 33.3. The fourth-order valence-electron chi connectivity index (χ4n) is 4.24. The highest BCUT2D eigenvalue weighted by molar-refractivity contribution is 5.90. The SMILES string of the molecule is CCN(CC)C(=O)C(C)(C)c1ccc(Nc2nc(C)nc3nc(-c4ncccc4C)ccc23)cc1. The average Bonchev–Trinajstić information content (AvgIpc) is 2.85. The smallest absolute Gasteiger partial charge is 0.232 e. The van der Waals surface area contributed by atoms with Gasteiger partial charge in [0.15, 0.2) is 5.65 Å². The number of benzene rings is 1. The molecule has 0 radical (unpaired) electrons. The number of rotatable bonds is 7. The number of carbonyl (C=O) groups excluding carboxylic acids is 1. The van der Waals surface area contributed by atoms with E-state index in [1.165, 1.54) is 0 Å². The van der Waals surface area contributed by atoms with Gasteiger partial charge < -0.3 is 10.2 Å². The Morgan fingerprint density at radius 1 is 0.943 bits per heavy atom. The molecular formula is C28H32N6O. The van der Waals surface area contributed by atoms with Crippen molar-refractivity contribution in [2.24, 2.45) is 0 Å². The van der Waals surface area contributed by atoms with E-state index in [2.05, 4.69) is 20.3 Å². The number of hydrogen-bond acceptors (Lipinski definition) is 6. The van der Waals surface area contributed by atoms with Crippen LogP contribution < -0.4 is 5.32 Å². The molecule has 0 aliphatic rings. The second kappa shape index (κ2) is 9.78. The van der Waals surface area contributed by atoms with E-state index >= 15 is 0 Å². The summed E-state index contributed by atoms with van der Waals surface area (Å²) in [6, 6.07) is 15.8. The van der Waals surface area contributed by atoms with Crippen LogP contribution in [0.3, 0.4) is 0 Å². The van der Waals surface area contributed by atoms with Crippen LogP contribution in [0.15, 0.2) is 54.7 Å². The van der Waals surface area contributed by atoms with Crippen molar-refractivity contribution in [3.05, 3.63) is 71.7 Å². The first-order valence-electron chi connectivity index (χ1n) is 12.0. The topological polar surface area (TPSA) is 83.9 Å². The molecule has 0 bridgehead atoms. The molecular weight excluding hydrogens is 436 g/mol. The molecule has 3 heterocycles. The molecule has 4 rings (SSSR count). The monoisotopic (exact) mass is 468 g/mol. The van der Waals surface area contributed by atoms with Crippen LogP contribution >= 0.6 is 0 Å².